The van der Waals surface area contributed by atoms with E-state index >= 15 is 0 Å². The fourth-order valence-corrected chi connectivity index (χ4v) is 8.53. The summed E-state index contributed by atoms with van der Waals surface area (Å²) in [4.78, 5) is 0. The lowest BCUT2D eigenvalue weighted by molar-refractivity contribution is 1.17. The Morgan fingerprint density at radius 3 is 1.62 bits per heavy atom. The first-order chi connectivity index (χ1) is 22.3. The van der Waals surface area contributed by atoms with Gasteiger partial charge >= 0.3 is 0 Å². The molecule has 0 aliphatic heterocycles. The summed E-state index contributed by atoms with van der Waals surface area (Å²) in [6.07, 6.45) is 0. The number of rotatable bonds is 3. The van der Waals surface area contributed by atoms with Crippen LogP contribution in [0.3, 0.4) is 0 Å². The maximum Gasteiger partial charge on any atom is 0.0561 e. The van der Waals surface area contributed by atoms with Crippen LogP contribution in [0.15, 0.2) is 158 Å². The van der Waals surface area contributed by atoms with Gasteiger partial charge in [0.1, 0.15) is 0 Å². The van der Waals surface area contributed by atoms with E-state index in [1.165, 1.54) is 86.3 Å². The van der Waals surface area contributed by atoms with Crippen LogP contribution in [0, 0.1) is 0 Å². The first-order valence-electron chi connectivity index (χ1n) is 15.4. The second-order valence-corrected chi connectivity index (χ2v) is 12.8. The molecule has 0 bridgehead atoms. The highest BCUT2D eigenvalue weighted by atomic mass is 32.1. The van der Waals surface area contributed by atoms with Gasteiger partial charge in [-0.2, -0.15) is 0 Å². The minimum absolute atomic E-state index is 1.17. The average molecular weight is 591 g/mol. The van der Waals surface area contributed by atoms with Gasteiger partial charge in [-0.05, 0) is 65.7 Å². The van der Waals surface area contributed by atoms with Crippen molar-refractivity contribution in [2.24, 2.45) is 0 Å². The number of benzene rings is 7. The third-order valence-electron chi connectivity index (χ3n) is 9.30. The van der Waals surface area contributed by atoms with Gasteiger partial charge in [-0.25, -0.2) is 0 Å². The third-order valence-corrected chi connectivity index (χ3v) is 10.4. The van der Waals surface area contributed by atoms with Crippen LogP contribution in [0.5, 0.6) is 0 Å². The van der Waals surface area contributed by atoms with Gasteiger partial charge in [-0.3, -0.25) is 0 Å². The second-order valence-electron chi connectivity index (χ2n) is 11.8. The zero-order valence-electron chi connectivity index (χ0n) is 24.3. The van der Waals surface area contributed by atoms with Crippen LogP contribution >= 0.6 is 11.3 Å². The third kappa shape index (κ3) is 3.56. The minimum atomic E-state index is 1.17. The SMILES string of the molecule is c1ccc(-c2cc(-n3c4ccccc4c4cc(-n5c6ccccc6c6ccccc65)ccc43)c3c(c2)sc2ccccc23)cc1. The molecular weight excluding hydrogens is 565 g/mol. The molecule has 7 aromatic carbocycles. The average Bonchev–Trinajstić information content (AvgIpc) is 3.76. The molecule has 0 aliphatic rings. The van der Waals surface area contributed by atoms with Crippen molar-refractivity contribution in [1.82, 2.24) is 9.13 Å². The van der Waals surface area contributed by atoms with Gasteiger partial charge in [-0.1, -0.05) is 103 Å². The van der Waals surface area contributed by atoms with Crippen LogP contribution in [0.25, 0.3) is 86.3 Å². The smallest absolute Gasteiger partial charge is 0.0561 e. The Morgan fingerprint density at radius 2 is 0.911 bits per heavy atom. The summed E-state index contributed by atoms with van der Waals surface area (Å²) in [5.41, 5.74) is 9.74. The van der Waals surface area contributed by atoms with E-state index in [-0.39, 0.29) is 0 Å². The van der Waals surface area contributed by atoms with Crippen molar-refractivity contribution in [3.8, 4) is 22.5 Å². The number of fused-ring (bicyclic) bond motifs is 9. The quantitative estimate of drug-likeness (QED) is 0.194. The van der Waals surface area contributed by atoms with E-state index in [0.717, 1.165) is 0 Å². The number of aromatic nitrogens is 2. The summed E-state index contributed by atoms with van der Waals surface area (Å²) in [5, 5.41) is 7.68. The molecule has 0 N–H and O–H groups in total. The molecule has 0 spiro atoms. The van der Waals surface area contributed by atoms with Gasteiger partial charge in [-0.15, -0.1) is 11.3 Å². The number of thiophene rings is 1. The van der Waals surface area contributed by atoms with Crippen molar-refractivity contribution in [1.29, 1.82) is 0 Å². The van der Waals surface area contributed by atoms with Crippen molar-refractivity contribution in [2.45, 2.75) is 0 Å². The highest BCUT2D eigenvalue weighted by Crippen LogP contribution is 2.44. The number of nitrogens with zero attached hydrogens (tertiary/aromatic N) is 2. The molecule has 3 aromatic heterocycles. The fourth-order valence-electron chi connectivity index (χ4n) is 7.37. The summed E-state index contributed by atoms with van der Waals surface area (Å²) in [6, 6.07) is 57.7. The highest BCUT2D eigenvalue weighted by Gasteiger charge is 2.20. The van der Waals surface area contributed by atoms with Gasteiger partial charge in [0.15, 0.2) is 0 Å². The molecule has 3 heterocycles. The second kappa shape index (κ2) is 9.43. The Hall–Kier alpha value is -5.64. The summed E-state index contributed by atoms with van der Waals surface area (Å²) in [5.74, 6) is 0. The van der Waals surface area contributed by atoms with Crippen molar-refractivity contribution < 1.29 is 0 Å². The Kier molecular flexibility index (Phi) is 5.19. The molecule has 0 amide bonds. The molecule has 0 atom stereocenters. The molecule has 0 radical (unpaired) electrons. The first-order valence-corrected chi connectivity index (χ1v) is 16.2. The lowest BCUT2D eigenvalue weighted by Crippen LogP contribution is -1.97. The van der Waals surface area contributed by atoms with Crippen molar-refractivity contribution in [3.63, 3.8) is 0 Å². The van der Waals surface area contributed by atoms with Gasteiger partial charge < -0.3 is 9.13 Å². The molecule has 10 aromatic rings. The van der Waals surface area contributed by atoms with Crippen LogP contribution in [0.2, 0.25) is 0 Å². The van der Waals surface area contributed by atoms with E-state index in [1.807, 2.05) is 11.3 Å². The van der Waals surface area contributed by atoms with Crippen LogP contribution in [0.1, 0.15) is 0 Å². The maximum atomic E-state index is 2.49. The van der Waals surface area contributed by atoms with E-state index in [4.69, 9.17) is 0 Å². The summed E-state index contributed by atoms with van der Waals surface area (Å²) in [7, 11) is 0. The first kappa shape index (κ1) is 24.8. The molecule has 45 heavy (non-hydrogen) atoms. The van der Waals surface area contributed by atoms with Crippen molar-refractivity contribution in [3.05, 3.63) is 158 Å². The predicted molar refractivity (Wildman–Crippen MR) is 193 cm³/mol. The number of para-hydroxylation sites is 3. The molecule has 0 saturated heterocycles. The zero-order valence-corrected chi connectivity index (χ0v) is 25.1. The van der Waals surface area contributed by atoms with E-state index in [9.17, 15) is 0 Å². The van der Waals surface area contributed by atoms with E-state index < -0.39 is 0 Å². The Balaban J connectivity index is 1.32. The van der Waals surface area contributed by atoms with Gasteiger partial charge in [0.05, 0.1) is 27.8 Å². The van der Waals surface area contributed by atoms with E-state index in [2.05, 4.69) is 167 Å². The molecule has 3 heteroatoms. The van der Waals surface area contributed by atoms with Crippen molar-refractivity contribution in [2.75, 3.05) is 0 Å². The Bertz CT molecular complexity index is 2710. The van der Waals surface area contributed by atoms with Crippen LogP contribution in [0.4, 0.5) is 0 Å². The Labute approximate surface area is 263 Å². The zero-order chi connectivity index (χ0) is 29.5. The number of hydrogen-bond acceptors (Lipinski definition) is 1. The highest BCUT2D eigenvalue weighted by molar-refractivity contribution is 7.26. The molecule has 0 unspecified atom stereocenters. The topological polar surface area (TPSA) is 9.86 Å². The number of hydrogen-bond donors (Lipinski definition) is 0. The summed E-state index contributed by atoms with van der Waals surface area (Å²) < 4.78 is 7.53. The molecule has 10 rings (SSSR count). The lowest BCUT2D eigenvalue weighted by Gasteiger charge is -2.14. The van der Waals surface area contributed by atoms with Crippen LogP contribution in [-0.2, 0) is 0 Å². The minimum Gasteiger partial charge on any atom is -0.309 e. The van der Waals surface area contributed by atoms with E-state index in [1.54, 1.807) is 0 Å². The Morgan fingerprint density at radius 1 is 0.356 bits per heavy atom. The molecule has 0 aliphatic carbocycles. The van der Waals surface area contributed by atoms with Gasteiger partial charge in [0, 0.05) is 47.4 Å². The van der Waals surface area contributed by atoms with E-state index in [0.29, 0.717) is 0 Å². The summed E-state index contributed by atoms with van der Waals surface area (Å²) >= 11 is 1.88. The molecule has 0 saturated carbocycles. The summed E-state index contributed by atoms with van der Waals surface area (Å²) in [6.45, 7) is 0. The maximum absolute atomic E-state index is 2.49. The van der Waals surface area contributed by atoms with Gasteiger partial charge in [0.2, 0.25) is 0 Å². The standard InChI is InChI=1S/C42H26N2S/c1-2-12-27(13-3-1)28-24-39(42-33-17-7-11-21-40(33)45-41(42)25-28)44-37-20-10-6-16-32(37)34-26-29(22-23-38(34)44)43-35-18-8-4-14-30(35)31-15-5-9-19-36(31)43/h1-26H. The molecular formula is C42H26N2S. The predicted octanol–water partition coefficient (Wildman–Crippen LogP) is 11.9. The monoisotopic (exact) mass is 590 g/mol. The van der Waals surface area contributed by atoms with Crippen molar-refractivity contribution >= 4 is 75.1 Å². The van der Waals surface area contributed by atoms with Crippen LogP contribution in [-0.4, -0.2) is 9.13 Å². The fraction of sp³-hybridized carbons (Fsp3) is 0. The lowest BCUT2D eigenvalue weighted by atomic mass is 10.0. The molecule has 210 valence electrons. The molecule has 2 nitrogen and oxygen atoms in total. The normalized spacial score (nSPS) is 12.0. The van der Waals surface area contributed by atoms with Gasteiger partial charge in [0.25, 0.3) is 0 Å². The largest absolute Gasteiger partial charge is 0.309 e. The molecule has 0 fully saturated rings. The van der Waals surface area contributed by atoms with Crippen LogP contribution < -0.4 is 0 Å².